The van der Waals surface area contributed by atoms with E-state index in [1.807, 2.05) is 0 Å². The summed E-state index contributed by atoms with van der Waals surface area (Å²) in [5.41, 5.74) is 0. The molecule has 1 aromatic heterocycles. The summed E-state index contributed by atoms with van der Waals surface area (Å²) in [6, 6.07) is 0. The predicted octanol–water partition coefficient (Wildman–Crippen LogP) is 2.18. The molecule has 1 heterocycles. The summed E-state index contributed by atoms with van der Waals surface area (Å²) >= 11 is 0. The first-order valence-electron chi connectivity index (χ1n) is 4.28. The van der Waals surface area contributed by atoms with E-state index in [2.05, 4.69) is 16.9 Å². The van der Waals surface area contributed by atoms with Crippen LogP contribution in [0.4, 0.5) is 0 Å². The highest BCUT2D eigenvalue weighted by Gasteiger charge is 1.80. The van der Waals surface area contributed by atoms with Crippen LogP contribution in [-0.4, -0.2) is 16.3 Å². The molecule has 1 N–H and O–H groups in total. The molecule has 0 atom stereocenters. The van der Waals surface area contributed by atoms with E-state index in [1.165, 1.54) is 12.8 Å². The van der Waals surface area contributed by atoms with E-state index in [0.29, 0.717) is 0 Å². The van der Waals surface area contributed by atoms with Crippen LogP contribution in [0.3, 0.4) is 0 Å². The minimum atomic E-state index is 0.744. The molecule has 3 heteroatoms. The molecular formula is C9H16N2O. The number of imidazole rings is 1. The van der Waals surface area contributed by atoms with Gasteiger partial charge in [-0.05, 0) is 6.42 Å². The Kier molecular flexibility index (Phi) is 8.96. The number of hydrogen-bond acceptors (Lipinski definition) is 2. The lowest BCUT2D eigenvalue weighted by atomic mass is 10.2. The van der Waals surface area contributed by atoms with Crippen LogP contribution in [-0.2, 0) is 4.79 Å². The lowest BCUT2D eigenvalue weighted by Crippen LogP contribution is -1.73. The number of carbonyl (C=O) groups is 1. The monoisotopic (exact) mass is 168 g/mol. The largest absolute Gasteiger partial charge is 0.351 e. The van der Waals surface area contributed by atoms with Gasteiger partial charge in [0.2, 0.25) is 0 Å². The Morgan fingerprint density at radius 3 is 2.67 bits per heavy atom. The highest BCUT2D eigenvalue weighted by Crippen LogP contribution is 1.94. The second-order valence-electron chi connectivity index (χ2n) is 2.42. The van der Waals surface area contributed by atoms with E-state index in [1.54, 1.807) is 18.7 Å². The molecule has 68 valence electrons. The number of nitrogens with one attached hydrogen (secondary N) is 1. The first-order valence-corrected chi connectivity index (χ1v) is 4.28. The number of unbranched alkanes of at least 4 members (excludes halogenated alkanes) is 3. The van der Waals surface area contributed by atoms with Gasteiger partial charge in [-0.1, -0.05) is 19.8 Å². The van der Waals surface area contributed by atoms with Gasteiger partial charge in [0.25, 0.3) is 0 Å². The van der Waals surface area contributed by atoms with E-state index in [4.69, 9.17) is 0 Å². The van der Waals surface area contributed by atoms with Crippen LogP contribution >= 0.6 is 0 Å². The standard InChI is InChI=1S/C6H12O.C3H4N2/c1-2-3-4-5-6-7;1-2-5-3-4-1/h6H,2-5H2,1H3;1-3H,(H,4,5). The van der Waals surface area contributed by atoms with Crippen LogP contribution < -0.4 is 0 Å². The maximum Gasteiger partial charge on any atom is 0.119 e. The third-order valence-electron chi connectivity index (χ3n) is 1.33. The Morgan fingerprint density at radius 2 is 2.33 bits per heavy atom. The van der Waals surface area contributed by atoms with Gasteiger partial charge in [0.1, 0.15) is 6.29 Å². The minimum absolute atomic E-state index is 0.744. The molecule has 0 spiro atoms. The SMILES string of the molecule is CCCCCC=O.c1c[nH]cn1. The maximum absolute atomic E-state index is 9.68. The van der Waals surface area contributed by atoms with Gasteiger partial charge in [0, 0.05) is 18.8 Å². The normalized spacial score (nSPS) is 8.42. The van der Waals surface area contributed by atoms with Gasteiger partial charge < -0.3 is 9.78 Å². The summed E-state index contributed by atoms with van der Waals surface area (Å²) in [6.07, 6.45) is 10.3. The Morgan fingerprint density at radius 1 is 1.50 bits per heavy atom. The van der Waals surface area contributed by atoms with Crippen LogP contribution in [0.25, 0.3) is 0 Å². The van der Waals surface area contributed by atoms with Crippen molar-refractivity contribution in [3.05, 3.63) is 18.7 Å². The van der Waals surface area contributed by atoms with Gasteiger partial charge in [-0.15, -0.1) is 0 Å². The van der Waals surface area contributed by atoms with Crippen molar-refractivity contribution in [2.45, 2.75) is 32.6 Å². The molecule has 0 amide bonds. The van der Waals surface area contributed by atoms with Gasteiger partial charge in [-0.25, -0.2) is 4.98 Å². The third kappa shape index (κ3) is 8.88. The minimum Gasteiger partial charge on any atom is -0.351 e. The molecule has 0 fully saturated rings. The van der Waals surface area contributed by atoms with Crippen molar-refractivity contribution >= 4 is 6.29 Å². The van der Waals surface area contributed by atoms with Crippen LogP contribution in [0.2, 0.25) is 0 Å². The van der Waals surface area contributed by atoms with Gasteiger partial charge in [-0.2, -0.15) is 0 Å². The maximum atomic E-state index is 9.68. The van der Waals surface area contributed by atoms with Crippen molar-refractivity contribution in [3.63, 3.8) is 0 Å². The van der Waals surface area contributed by atoms with Crippen molar-refractivity contribution in [2.24, 2.45) is 0 Å². The predicted molar refractivity (Wildman–Crippen MR) is 48.8 cm³/mol. The molecule has 0 aromatic carbocycles. The molecule has 0 unspecified atom stereocenters. The van der Waals surface area contributed by atoms with E-state index in [9.17, 15) is 4.79 Å². The Labute approximate surface area is 73.2 Å². The van der Waals surface area contributed by atoms with Crippen LogP contribution in [0.15, 0.2) is 18.7 Å². The summed E-state index contributed by atoms with van der Waals surface area (Å²) in [5, 5.41) is 0. The molecule has 0 bridgehead atoms. The molecule has 0 radical (unpaired) electrons. The summed E-state index contributed by atoms with van der Waals surface area (Å²) in [4.78, 5) is 16.1. The van der Waals surface area contributed by atoms with E-state index >= 15 is 0 Å². The number of aromatic amines is 1. The molecule has 12 heavy (non-hydrogen) atoms. The van der Waals surface area contributed by atoms with Gasteiger partial charge in [-0.3, -0.25) is 0 Å². The van der Waals surface area contributed by atoms with Gasteiger partial charge in [0.15, 0.2) is 0 Å². The average molecular weight is 168 g/mol. The lowest BCUT2D eigenvalue weighted by Gasteiger charge is -1.85. The van der Waals surface area contributed by atoms with Gasteiger partial charge in [0.05, 0.1) is 6.33 Å². The molecule has 0 aliphatic heterocycles. The van der Waals surface area contributed by atoms with Crippen molar-refractivity contribution < 1.29 is 4.79 Å². The number of H-pyrrole nitrogens is 1. The van der Waals surface area contributed by atoms with Crippen molar-refractivity contribution in [3.8, 4) is 0 Å². The number of nitrogens with zero attached hydrogens (tertiary/aromatic N) is 1. The summed E-state index contributed by atoms with van der Waals surface area (Å²) in [5.74, 6) is 0. The molecule has 0 aliphatic carbocycles. The molecule has 1 rings (SSSR count). The van der Waals surface area contributed by atoms with Gasteiger partial charge >= 0.3 is 0 Å². The second kappa shape index (κ2) is 9.88. The van der Waals surface area contributed by atoms with Crippen LogP contribution in [0.1, 0.15) is 32.6 Å². The quantitative estimate of drug-likeness (QED) is 0.553. The lowest BCUT2D eigenvalue weighted by molar-refractivity contribution is -0.107. The van der Waals surface area contributed by atoms with Crippen molar-refractivity contribution in [1.29, 1.82) is 0 Å². The summed E-state index contributed by atoms with van der Waals surface area (Å²) in [7, 11) is 0. The summed E-state index contributed by atoms with van der Waals surface area (Å²) < 4.78 is 0. The first kappa shape index (κ1) is 10.9. The van der Waals surface area contributed by atoms with E-state index in [-0.39, 0.29) is 0 Å². The molecule has 0 saturated carbocycles. The average Bonchev–Trinajstić information content (AvgIpc) is 2.62. The number of carbonyl (C=O) groups excluding carboxylic acids is 1. The fourth-order valence-electron chi connectivity index (χ4n) is 0.693. The molecule has 0 saturated heterocycles. The van der Waals surface area contributed by atoms with Crippen LogP contribution in [0.5, 0.6) is 0 Å². The van der Waals surface area contributed by atoms with Crippen LogP contribution in [0, 0.1) is 0 Å². The topological polar surface area (TPSA) is 45.8 Å². The molecule has 0 aliphatic rings. The zero-order valence-corrected chi connectivity index (χ0v) is 7.49. The smallest absolute Gasteiger partial charge is 0.119 e. The fourth-order valence-corrected chi connectivity index (χ4v) is 0.693. The zero-order chi connectivity index (χ0) is 9.07. The van der Waals surface area contributed by atoms with Crippen molar-refractivity contribution in [2.75, 3.05) is 0 Å². The highest BCUT2D eigenvalue weighted by molar-refractivity contribution is 5.48. The second-order valence-corrected chi connectivity index (χ2v) is 2.42. The molecular weight excluding hydrogens is 152 g/mol. The Hall–Kier alpha value is -1.12. The first-order chi connectivity index (χ1) is 5.91. The fraction of sp³-hybridized carbons (Fsp3) is 0.556. The zero-order valence-electron chi connectivity index (χ0n) is 7.49. The number of aromatic nitrogens is 2. The Bertz CT molecular complexity index is 144. The Balaban J connectivity index is 0.000000211. The number of aldehydes is 1. The number of rotatable bonds is 4. The third-order valence-corrected chi connectivity index (χ3v) is 1.33. The van der Waals surface area contributed by atoms with Crippen molar-refractivity contribution in [1.82, 2.24) is 9.97 Å². The highest BCUT2D eigenvalue weighted by atomic mass is 16.1. The van der Waals surface area contributed by atoms with E-state index < -0.39 is 0 Å². The molecule has 1 aromatic rings. The van der Waals surface area contributed by atoms with E-state index in [0.717, 1.165) is 19.1 Å². The molecule has 3 nitrogen and oxygen atoms in total. The number of hydrogen-bond donors (Lipinski definition) is 1. The summed E-state index contributed by atoms with van der Waals surface area (Å²) in [6.45, 7) is 2.13.